The average Bonchev–Trinajstić information content (AvgIpc) is 3.31. The molecule has 1 aromatic carbocycles. The number of alkyl halides is 3. The molecule has 3 aromatic rings. The smallest absolute Gasteiger partial charge is 0.371 e. The van der Waals surface area contributed by atoms with Gasteiger partial charge in [0, 0.05) is 22.9 Å². The van der Waals surface area contributed by atoms with Crippen LogP contribution in [0.25, 0.3) is 10.2 Å². The van der Waals surface area contributed by atoms with Crippen LogP contribution in [0, 0.1) is 12.3 Å². The molecule has 0 saturated carbocycles. The zero-order chi connectivity index (χ0) is 21.6. The van der Waals surface area contributed by atoms with Crippen LogP contribution in [0.3, 0.4) is 0 Å². The molecule has 1 N–H and O–H groups in total. The highest BCUT2D eigenvalue weighted by atomic mass is 32.2. The maximum atomic E-state index is 13.1. The fraction of sp³-hybridized carbons (Fsp3) is 0.316. The average molecular weight is 454 g/mol. The standard InChI is InChI=1S/C19H17F3N4O2S2/c1-10-3-4-11(14(5-10)26-15(27)9-29-18(26)23)7-28-8-12-6-13-16(19(20,21)22)24-25(2)17(13)30-12/h3-6,23H,7-9H2,1-2H3. The number of aryl methyl sites for hydroxylation is 2. The highest BCUT2D eigenvalue weighted by Crippen LogP contribution is 2.38. The normalized spacial score (nSPS) is 15.0. The van der Waals surface area contributed by atoms with E-state index in [0.29, 0.717) is 15.4 Å². The van der Waals surface area contributed by atoms with Gasteiger partial charge in [0.1, 0.15) is 4.83 Å². The van der Waals surface area contributed by atoms with Gasteiger partial charge in [-0.1, -0.05) is 23.9 Å². The number of ether oxygens (including phenoxy) is 1. The van der Waals surface area contributed by atoms with Gasteiger partial charge in [0.05, 0.1) is 24.7 Å². The number of carbonyl (C=O) groups excluding carboxylic acids is 1. The Morgan fingerprint density at radius 3 is 2.70 bits per heavy atom. The lowest BCUT2D eigenvalue weighted by atomic mass is 10.1. The number of amides is 1. The van der Waals surface area contributed by atoms with E-state index in [1.165, 1.54) is 45.8 Å². The predicted octanol–water partition coefficient (Wildman–Crippen LogP) is 4.69. The number of hydrogen-bond donors (Lipinski definition) is 1. The van der Waals surface area contributed by atoms with Gasteiger partial charge < -0.3 is 4.74 Å². The van der Waals surface area contributed by atoms with Crippen LogP contribution < -0.4 is 4.90 Å². The van der Waals surface area contributed by atoms with Crippen molar-refractivity contribution in [1.29, 1.82) is 5.41 Å². The van der Waals surface area contributed by atoms with Gasteiger partial charge in [-0.25, -0.2) is 0 Å². The van der Waals surface area contributed by atoms with Crippen LogP contribution >= 0.6 is 23.1 Å². The monoisotopic (exact) mass is 454 g/mol. The molecule has 0 aliphatic carbocycles. The first-order valence-corrected chi connectivity index (χ1v) is 10.7. The van der Waals surface area contributed by atoms with Crippen molar-refractivity contribution in [2.75, 3.05) is 10.7 Å². The first-order valence-electron chi connectivity index (χ1n) is 8.89. The molecule has 0 radical (unpaired) electrons. The quantitative estimate of drug-likeness (QED) is 0.607. The summed E-state index contributed by atoms with van der Waals surface area (Å²) in [6, 6.07) is 7.02. The number of halogens is 3. The van der Waals surface area contributed by atoms with Crippen molar-refractivity contribution in [3.8, 4) is 0 Å². The molecule has 30 heavy (non-hydrogen) atoms. The Labute approximate surface area is 178 Å². The summed E-state index contributed by atoms with van der Waals surface area (Å²) in [6.07, 6.45) is -4.51. The van der Waals surface area contributed by atoms with Crippen LogP contribution in [-0.2, 0) is 36.0 Å². The molecule has 0 atom stereocenters. The van der Waals surface area contributed by atoms with E-state index in [1.807, 2.05) is 25.1 Å². The maximum Gasteiger partial charge on any atom is 0.435 e. The number of nitrogens with one attached hydrogen (secondary N) is 1. The number of amidine groups is 1. The number of hydrogen-bond acceptors (Lipinski definition) is 6. The van der Waals surface area contributed by atoms with E-state index in [-0.39, 0.29) is 35.4 Å². The van der Waals surface area contributed by atoms with Crippen LogP contribution in [0.2, 0.25) is 0 Å². The van der Waals surface area contributed by atoms with E-state index in [1.54, 1.807) is 0 Å². The fourth-order valence-corrected chi connectivity index (χ4v) is 4.98. The molecule has 0 bridgehead atoms. The van der Waals surface area contributed by atoms with E-state index in [4.69, 9.17) is 10.1 Å². The van der Waals surface area contributed by atoms with Crippen molar-refractivity contribution in [3.05, 3.63) is 46.0 Å². The second kappa shape index (κ2) is 7.71. The molecule has 0 unspecified atom stereocenters. The topological polar surface area (TPSA) is 71.2 Å². The molecule has 3 heterocycles. The number of benzene rings is 1. The van der Waals surface area contributed by atoms with Crippen LogP contribution in [0.4, 0.5) is 18.9 Å². The molecule has 6 nitrogen and oxygen atoms in total. The van der Waals surface area contributed by atoms with E-state index >= 15 is 0 Å². The molecule has 158 valence electrons. The summed E-state index contributed by atoms with van der Waals surface area (Å²) in [7, 11) is 1.48. The summed E-state index contributed by atoms with van der Waals surface area (Å²) in [6.45, 7) is 2.19. The van der Waals surface area contributed by atoms with Crippen molar-refractivity contribution in [3.63, 3.8) is 0 Å². The minimum absolute atomic E-state index is 0.0674. The Bertz CT molecular complexity index is 1140. The minimum atomic E-state index is -4.51. The number of carbonyl (C=O) groups is 1. The molecule has 1 fully saturated rings. The lowest BCUT2D eigenvalue weighted by Crippen LogP contribution is -2.29. The molecule has 4 rings (SSSR count). The number of nitrogens with zero attached hydrogens (tertiary/aromatic N) is 3. The summed E-state index contributed by atoms with van der Waals surface area (Å²) in [5.74, 6) is 0.0679. The Hall–Kier alpha value is -2.37. The molecule has 1 aliphatic rings. The SMILES string of the molecule is Cc1ccc(COCc2cc3c(C(F)(F)F)nn(C)c3s2)c(N2C(=N)SCC2=O)c1. The summed E-state index contributed by atoms with van der Waals surface area (Å²) in [4.78, 5) is 14.6. The lowest BCUT2D eigenvalue weighted by molar-refractivity contribution is -0.140. The first kappa shape index (κ1) is 20.9. The zero-order valence-corrected chi connectivity index (χ0v) is 17.7. The summed E-state index contributed by atoms with van der Waals surface area (Å²) >= 11 is 2.37. The van der Waals surface area contributed by atoms with Gasteiger partial charge in [-0.2, -0.15) is 18.3 Å². The Kier molecular flexibility index (Phi) is 5.37. The number of thioether (sulfide) groups is 1. The van der Waals surface area contributed by atoms with Gasteiger partial charge in [0.2, 0.25) is 5.91 Å². The number of thiophene rings is 1. The van der Waals surface area contributed by atoms with Gasteiger partial charge in [0.15, 0.2) is 10.9 Å². The zero-order valence-electron chi connectivity index (χ0n) is 16.0. The van der Waals surface area contributed by atoms with E-state index < -0.39 is 11.9 Å². The molecule has 1 aliphatic heterocycles. The third kappa shape index (κ3) is 3.84. The van der Waals surface area contributed by atoms with Crippen molar-refractivity contribution in [1.82, 2.24) is 9.78 Å². The van der Waals surface area contributed by atoms with Gasteiger partial charge in [-0.05, 0) is 24.6 Å². The van der Waals surface area contributed by atoms with Gasteiger partial charge in [-0.3, -0.25) is 19.8 Å². The fourth-order valence-electron chi connectivity index (χ4n) is 3.25. The third-order valence-corrected chi connectivity index (χ3v) is 6.62. The summed E-state index contributed by atoms with van der Waals surface area (Å²) < 4.78 is 46.4. The van der Waals surface area contributed by atoms with E-state index in [9.17, 15) is 18.0 Å². The molecule has 11 heteroatoms. The van der Waals surface area contributed by atoms with Crippen LogP contribution in [0.15, 0.2) is 24.3 Å². The predicted molar refractivity (Wildman–Crippen MR) is 111 cm³/mol. The second-order valence-electron chi connectivity index (χ2n) is 6.85. The van der Waals surface area contributed by atoms with Gasteiger partial charge >= 0.3 is 6.18 Å². The molecular weight excluding hydrogens is 437 g/mol. The first-order chi connectivity index (χ1) is 14.1. The Morgan fingerprint density at radius 2 is 2.03 bits per heavy atom. The Morgan fingerprint density at radius 1 is 1.27 bits per heavy atom. The van der Waals surface area contributed by atoms with Gasteiger partial charge in [-0.15, -0.1) is 11.3 Å². The highest BCUT2D eigenvalue weighted by Gasteiger charge is 2.37. The number of aromatic nitrogens is 2. The highest BCUT2D eigenvalue weighted by molar-refractivity contribution is 8.15. The number of fused-ring (bicyclic) bond motifs is 1. The van der Waals surface area contributed by atoms with Crippen molar-refractivity contribution in [2.24, 2.45) is 7.05 Å². The van der Waals surface area contributed by atoms with E-state index in [2.05, 4.69) is 5.10 Å². The molecular formula is C19H17F3N4O2S2. The number of rotatable bonds is 5. The molecule has 1 amide bonds. The molecule has 0 spiro atoms. The van der Waals surface area contributed by atoms with Crippen LogP contribution in [0.1, 0.15) is 21.7 Å². The largest absolute Gasteiger partial charge is 0.435 e. The van der Waals surface area contributed by atoms with Crippen molar-refractivity contribution >= 4 is 50.1 Å². The molecule has 1 saturated heterocycles. The number of anilines is 1. The Balaban J connectivity index is 1.53. The lowest BCUT2D eigenvalue weighted by Gasteiger charge is -2.19. The van der Waals surface area contributed by atoms with Crippen molar-refractivity contribution in [2.45, 2.75) is 26.3 Å². The summed E-state index contributed by atoms with van der Waals surface area (Å²) in [5, 5.41) is 11.8. The third-order valence-electron chi connectivity index (χ3n) is 4.60. The molecule has 2 aromatic heterocycles. The van der Waals surface area contributed by atoms with Gasteiger partial charge in [0.25, 0.3) is 0 Å². The van der Waals surface area contributed by atoms with Crippen LogP contribution in [0.5, 0.6) is 0 Å². The van der Waals surface area contributed by atoms with Crippen molar-refractivity contribution < 1.29 is 22.7 Å². The van der Waals surface area contributed by atoms with Crippen LogP contribution in [-0.4, -0.2) is 26.6 Å². The minimum Gasteiger partial charge on any atom is -0.371 e. The summed E-state index contributed by atoms with van der Waals surface area (Å²) in [5.41, 5.74) is 1.39. The van der Waals surface area contributed by atoms with E-state index in [0.717, 1.165) is 11.1 Å². The second-order valence-corrected chi connectivity index (χ2v) is 8.93. The maximum absolute atomic E-state index is 13.1.